The molecule has 1 amide bonds. The molecular formula is C21H33N5O5. The molecule has 0 radical (unpaired) electrons. The van der Waals surface area contributed by atoms with Gasteiger partial charge in [0.05, 0.1) is 0 Å². The fraction of sp³-hybridized carbons (Fsp3) is 0.714. The summed E-state index contributed by atoms with van der Waals surface area (Å²) in [5, 5.41) is 14.7. The quantitative estimate of drug-likeness (QED) is 0.554. The van der Waals surface area contributed by atoms with E-state index in [9.17, 15) is 14.9 Å². The molecule has 0 unspecified atom stereocenters. The lowest BCUT2D eigenvalue weighted by molar-refractivity contribution is -0.388. The van der Waals surface area contributed by atoms with E-state index in [-0.39, 0.29) is 24.1 Å². The third kappa shape index (κ3) is 6.68. The zero-order valence-electron chi connectivity index (χ0n) is 18.8. The molecule has 0 bridgehead atoms. The second-order valence-corrected chi connectivity index (χ2v) is 9.31. The van der Waals surface area contributed by atoms with Crippen LogP contribution >= 0.6 is 0 Å². The van der Waals surface area contributed by atoms with Gasteiger partial charge in [-0.25, -0.2) is 4.79 Å². The normalized spacial score (nSPS) is 19.2. The van der Waals surface area contributed by atoms with Crippen molar-refractivity contribution in [3.63, 3.8) is 0 Å². The molecule has 0 aliphatic carbocycles. The number of piperidine rings is 2. The average Bonchev–Trinajstić information content (AvgIpc) is 2.69. The van der Waals surface area contributed by atoms with Crippen LogP contribution in [-0.4, -0.2) is 76.8 Å². The first-order chi connectivity index (χ1) is 14.6. The number of pyridine rings is 1. The van der Waals surface area contributed by atoms with E-state index in [1.807, 2.05) is 20.8 Å². The van der Waals surface area contributed by atoms with Gasteiger partial charge < -0.3 is 34.7 Å². The summed E-state index contributed by atoms with van der Waals surface area (Å²) in [5.74, 6) is 0.319. The number of hydrogen-bond acceptors (Lipinski definition) is 8. The number of nitrogens with one attached hydrogen (secondary N) is 1. The van der Waals surface area contributed by atoms with E-state index in [1.165, 1.54) is 6.20 Å². The molecule has 2 aliphatic heterocycles. The van der Waals surface area contributed by atoms with E-state index in [2.05, 4.69) is 22.2 Å². The predicted octanol–water partition coefficient (Wildman–Crippen LogP) is 3.27. The van der Waals surface area contributed by atoms with Crippen LogP contribution in [0.1, 0.15) is 46.5 Å². The standard InChI is InChI=1S/C21H33N5O5/c1-21(2,3)31-20(27)25-11-5-15(6-12-25)23-18-13-17(14-22-19(18)26(28)29)30-16-7-9-24(4)10-8-16/h13-16,23H,5-12H2,1-4H3. The number of anilines is 1. The van der Waals surface area contributed by atoms with Crippen LogP contribution in [0.15, 0.2) is 12.3 Å². The molecule has 1 N–H and O–H groups in total. The highest BCUT2D eigenvalue weighted by Gasteiger charge is 2.29. The van der Waals surface area contributed by atoms with Crippen molar-refractivity contribution in [1.82, 2.24) is 14.8 Å². The van der Waals surface area contributed by atoms with Crippen LogP contribution in [0.4, 0.5) is 16.3 Å². The van der Waals surface area contributed by atoms with Crippen molar-refractivity contribution in [2.45, 2.75) is 64.2 Å². The predicted molar refractivity (Wildman–Crippen MR) is 116 cm³/mol. The minimum Gasteiger partial charge on any atom is -0.486 e. The van der Waals surface area contributed by atoms with E-state index < -0.39 is 10.5 Å². The van der Waals surface area contributed by atoms with Crippen LogP contribution in [0.25, 0.3) is 0 Å². The lowest BCUT2D eigenvalue weighted by atomic mass is 10.0. The molecule has 0 spiro atoms. The Morgan fingerprint density at radius 3 is 2.42 bits per heavy atom. The molecule has 10 heteroatoms. The van der Waals surface area contributed by atoms with E-state index in [0.29, 0.717) is 37.4 Å². The molecule has 2 aliphatic rings. The van der Waals surface area contributed by atoms with Crippen molar-refractivity contribution in [1.29, 1.82) is 0 Å². The van der Waals surface area contributed by atoms with Gasteiger partial charge in [0.25, 0.3) is 0 Å². The number of hydrogen-bond donors (Lipinski definition) is 1. The Kier molecular flexibility index (Phi) is 7.19. The molecule has 0 atom stereocenters. The maximum atomic E-state index is 12.2. The van der Waals surface area contributed by atoms with Gasteiger partial charge in [0, 0.05) is 38.3 Å². The van der Waals surface area contributed by atoms with Gasteiger partial charge in [0.1, 0.15) is 17.4 Å². The summed E-state index contributed by atoms with van der Waals surface area (Å²) in [5.41, 5.74) is -0.182. The number of nitro groups is 1. The third-order valence-electron chi connectivity index (χ3n) is 5.49. The van der Waals surface area contributed by atoms with Crippen molar-refractivity contribution >= 4 is 17.6 Å². The van der Waals surface area contributed by atoms with Gasteiger partial charge in [-0.15, -0.1) is 0 Å². The summed E-state index contributed by atoms with van der Waals surface area (Å²) in [6.45, 7) is 8.50. The Balaban J connectivity index is 1.61. The maximum Gasteiger partial charge on any atom is 0.410 e. The SMILES string of the molecule is CN1CCC(Oc2cnc([N+](=O)[O-])c(NC3CCN(C(=O)OC(C)(C)C)CC3)c2)CC1. The van der Waals surface area contributed by atoms with Gasteiger partial charge in [0.15, 0.2) is 11.9 Å². The Hall–Kier alpha value is -2.62. The average molecular weight is 436 g/mol. The molecule has 1 aromatic heterocycles. The van der Waals surface area contributed by atoms with Gasteiger partial charge in [-0.2, -0.15) is 0 Å². The van der Waals surface area contributed by atoms with Gasteiger partial charge in [-0.3, -0.25) is 0 Å². The molecule has 10 nitrogen and oxygen atoms in total. The van der Waals surface area contributed by atoms with Gasteiger partial charge >= 0.3 is 11.9 Å². The van der Waals surface area contributed by atoms with E-state index in [0.717, 1.165) is 25.9 Å². The highest BCUT2D eigenvalue weighted by atomic mass is 16.6. The molecule has 0 saturated carbocycles. The van der Waals surface area contributed by atoms with Crippen LogP contribution in [0, 0.1) is 10.1 Å². The summed E-state index contributed by atoms with van der Waals surface area (Å²) >= 11 is 0. The molecule has 172 valence electrons. The Morgan fingerprint density at radius 1 is 1.19 bits per heavy atom. The zero-order chi connectivity index (χ0) is 22.6. The van der Waals surface area contributed by atoms with Crippen LogP contribution < -0.4 is 10.1 Å². The van der Waals surface area contributed by atoms with E-state index in [1.54, 1.807) is 11.0 Å². The van der Waals surface area contributed by atoms with Crippen molar-refractivity contribution in [2.75, 3.05) is 38.5 Å². The molecule has 1 aromatic rings. The maximum absolute atomic E-state index is 12.2. The van der Waals surface area contributed by atoms with Crippen LogP contribution in [0.2, 0.25) is 0 Å². The summed E-state index contributed by atoms with van der Waals surface area (Å²) < 4.78 is 11.5. The lowest BCUT2D eigenvalue weighted by Crippen LogP contribution is -2.44. The first-order valence-corrected chi connectivity index (χ1v) is 10.8. The third-order valence-corrected chi connectivity index (χ3v) is 5.49. The summed E-state index contributed by atoms with van der Waals surface area (Å²) in [6, 6.07) is 1.67. The number of amides is 1. The Morgan fingerprint density at radius 2 is 1.84 bits per heavy atom. The molecule has 3 rings (SSSR count). The number of carbonyl (C=O) groups excluding carboxylic acids is 1. The lowest BCUT2D eigenvalue weighted by Gasteiger charge is -2.34. The van der Waals surface area contributed by atoms with Gasteiger partial charge in [-0.1, -0.05) is 0 Å². The number of carbonyl (C=O) groups is 1. The van der Waals surface area contributed by atoms with E-state index in [4.69, 9.17) is 9.47 Å². The zero-order valence-corrected chi connectivity index (χ0v) is 18.8. The number of likely N-dealkylation sites (tertiary alicyclic amines) is 2. The second kappa shape index (κ2) is 9.67. The van der Waals surface area contributed by atoms with Crippen molar-refractivity contribution in [2.24, 2.45) is 0 Å². The minimum absolute atomic E-state index is 0.00207. The van der Waals surface area contributed by atoms with Crippen molar-refractivity contribution < 1.29 is 19.2 Å². The largest absolute Gasteiger partial charge is 0.486 e. The smallest absolute Gasteiger partial charge is 0.410 e. The number of nitrogens with zero attached hydrogens (tertiary/aromatic N) is 4. The van der Waals surface area contributed by atoms with Crippen LogP contribution in [-0.2, 0) is 4.74 Å². The molecular weight excluding hydrogens is 402 g/mol. The summed E-state index contributed by atoms with van der Waals surface area (Å²) in [6.07, 6.45) is 4.34. The second-order valence-electron chi connectivity index (χ2n) is 9.31. The molecule has 3 heterocycles. The monoisotopic (exact) mass is 435 g/mol. The minimum atomic E-state index is -0.535. The molecule has 2 saturated heterocycles. The van der Waals surface area contributed by atoms with Crippen molar-refractivity contribution in [3.05, 3.63) is 22.4 Å². The fourth-order valence-electron chi connectivity index (χ4n) is 3.80. The first-order valence-electron chi connectivity index (χ1n) is 10.8. The topological polar surface area (TPSA) is 110 Å². The number of aromatic nitrogens is 1. The first kappa shape index (κ1) is 23.1. The number of ether oxygens (including phenoxy) is 2. The fourth-order valence-corrected chi connectivity index (χ4v) is 3.80. The summed E-state index contributed by atoms with van der Waals surface area (Å²) in [4.78, 5) is 31.2. The Labute approximate surface area is 183 Å². The highest BCUT2D eigenvalue weighted by Crippen LogP contribution is 2.30. The van der Waals surface area contributed by atoms with Crippen LogP contribution in [0.5, 0.6) is 5.75 Å². The Bertz CT molecular complexity index is 781. The molecule has 31 heavy (non-hydrogen) atoms. The van der Waals surface area contributed by atoms with Gasteiger partial charge in [-0.05, 0) is 63.4 Å². The van der Waals surface area contributed by atoms with Crippen LogP contribution in [0.3, 0.4) is 0 Å². The molecule has 2 fully saturated rings. The van der Waals surface area contributed by atoms with Crippen molar-refractivity contribution in [3.8, 4) is 5.75 Å². The summed E-state index contributed by atoms with van der Waals surface area (Å²) in [7, 11) is 2.08. The highest BCUT2D eigenvalue weighted by molar-refractivity contribution is 5.68. The van der Waals surface area contributed by atoms with E-state index >= 15 is 0 Å². The van der Waals surface area contributed by atoms with Gasteiger partial charge in [0.2, 0.25) is 0 Å². The molecule has 0 aromatic carbocycles. The number of rotatable bonds is 5.